The standard InChI is InChI=1S/C24H19F5N4O4/c25-11-5-15(26)20(16(27)6-11)33-9-14(24(37)31-19(22(28)29)10-1-2-10)21(36)13-3-4-17(30-23(13)33)32-8-12(34)7-18(32)35/h3-6,9-10,12,19,22,34H,1-2,7-8H2,(H,31,37). The van der Waals surface area contributed by atoms with Gasteiger partial charge in [0.15, 0.2) is 17.3 Å². The lowest BCUT2D eigenvalue weighted by Crippen LogP contribution is -2.43. The quantitative estimate of drug-likeness (QED) is 0.485. The summed E-state index contributed by atoms with van der Waals surface area (Å²) in [6.45, 7) is -0.114. The molecule has 1 saturated carbocycles. The van der Waals surface area contributed by atoms with Crippen LogP contribution in [0, 0.1) is 23.4 Å². The lowest BCUT2D eigenvalue weighted by Gasteiger charge is -2.20. The Hall–Kier alpha value is -3.87. The molecule has 0 spiro atoms. The van der Waals surface area contributed by atoms with Crippen molar-refractivity contribution in [3.63, 3.8) is 0 Å². The topological polar surface area (TPSA) is 105 Å². The van der Waals surface area contributed by atoms with Crippen molar-refractivity contribution >= 4 is 28.7 Å². The Kier molecular flexibility index (Phi) is 6.18. The van der Waals surface area contributed by atoms with Crippen LogP contribution in [0.5, 0.6) is 0 Å². The molecule has 2 N–H and O–H groups in total. The highest BCUT2D eigenvalue weighted by Crippen LogP contribution is 2.35. The van der Waals surface area contributed by atoms with E-state index in [0.717, 1.165) is 17.2 Å². The second kappa shape index (κ2) is 9.21. The summed E-state index contributed by atoms with van der Waals surface area (Å²) in [7, 11) is 0. The highest BCUT2D eigenvalue weighted by molar-refractivity contribution is 5.99. The fourth-order valence-electron chi connectivity index (χ4n) is 4.42. The number of nitrogens with zero attached hydrogens (tertiary/aromatic N) is 3. The zero-order chi connectivity index (χ0) is 26.6. The van der Waals surface area contributed by atoms with Crippen molar-refractivity contribution in [1.29, 1.82) is 0 Å². The number of benzene rings is 1. The maximum Gasteiger partial charge on any atom is 0.258 e. The molecular formula is C24H19F5N4O4. The van der Waals surface area contributed by atoms with Crippen molar-refractivity contribution in [2.75, 3.05) is 11.4 Å². The first-order chi connectivity index (χ1) is 17.5. The van der Waals surface area contributed by atoms with Gasteiger partial charge in [0, 0.05) is 18.3 Å². The smallest absolute Gasteiger partial charge is 0.258 e. The van der Waals surface area contributed by atoms with E-state index in [1.54, 1.807) is 0 Å². The summed E-state index contributed by atoms with van der Waals surface area (Å²) < 4.78 is 70.8. The third-order valence-electron chi connectivity index (χ3n) is 6.38. The van der Waals surface area contributed by atoms with Crippen molar-refractivity contribution in [2.45, 2.75) is 37.8 Å². The van der Waals surface area contributed by atoms with Crippen molar-refractivity contribution in [1.82, 2.24) is 14.9 Å². The van der Waals surface area contributed by atoms with E-state index in [1.807, 2.05) is 0 Å². The van der Waals surface area contributed by atoms with Gasteiger partial charge in [-0.15, -0.1) is 0 Å². The van der Waals surface area contributed by atoms with Gasteiger partial charge in [-0.2, -0.15) is 0 Å². The Morgan fingerprint density at radius 2 is 1.78 bits per heavy atom. The number of fused-ring (bicyclic) bond motifs is 1. The van der Waals surface area contributed by atoms with Crippen LogP contribution in [0.15, 0.2) is 35.3 Å². The largest absolute Gasteiger partial charge is 0.391 e. The highest BCUT2D eigenvalue weighted by atomic mass is 19.3. The summed E-state index contributed by atoms with van der Waals surface area (Å²) in [5.74, 6) is -6.18. The Bertz CT molecular complexity index is 1460. The number of carbonyl (C=O) groups is 2. The van der Waals surface area contributed by atoms with Crippen LogP contribution >= 0.6 is 0 Å². The highest BCUT2D eigenvalue weighted by Gasteiger charge is 2.39. The molecule has 2 atom stereocenters. The number of carbonyl (C=O) groups excluding carboxylic acids is 2. The van der Waals surface area contributed by atoms with Gasteiger partial charge in [-0.3, -0.25) is 23.9 Å². The molecule has 5 rings (SSSR count). The third kappa shape index (κ3) is 4.54. The number of alkyl halides is 2. The summed E-state index contributed by atoms with van der Waals surface area (Å²) in [6.07, 6.45) is -2.37. The van der Waals surface area contributed by atoms with Crippen LogP contribution < -0.4 is 15.6 Å². The van der Waals surface area contributed by atoms with Gasteiger partial charge in [0.05, 0.1) is 30.5 Å². The molecule has 3 aromatic rings. The van der Waals surface area contributed by atoms with Crippen molar-refractivity contribution in [3.8, 4) is 5.69 Å². The summed E-state index contributed by atoms with van der Waals surface area (Å²) in [6, 6.07) is 1.66. The maximum atomic E-state index is 14.8. The molecule has 0 radical (unpaired) electrons. The van der Waals surface area contributed by atoms with E-state index in [9.17, 15) is 41.4 Å². The first kappa shape index (κ1) is 24.8. The lowest BCUT2D eigenvalue weighted by atomic mass is 10.1. The SMILES string of the molecule is O=C(NC(C(F)F)C1CC1)c1cn(-c2c(F)cc(F)cc2F)c2nc(N3CC(O)CC3=O)ccc2c1=O. The number of hydrogen-bond acceptors (Lipinski definition) is 5. The minimum Gasteiger partial charge on any atom is -0.391 e. The fourth-order valence-corrected chi connectivity index (χ4v) is 4.42. The van der Waals surface area contributed by atoms with Crippen LogP contribution in [-0.4, -0.2) is 51.6 Å². The first-order valence-corrected chi connectivity index (χ1v) is 11.3. The van der Waals surface area contributed by atoms with E-state index >= 15 is 0 Å². The second-order valence-electron chi connectivity index (χ2n) is 9.03. The number of aliphatic hydroxyl groups is 1. The number of amides is 2. The monoisotopic (exact) mass is 522 g/mol. The number of aromatic nitrogens is 2. The zero-order valence-corrected chi connectivity index (χ0v) is 18.9. The molecule has 1 aliphatic heterocycles. The zero-order valence-electron chi connectivity index (χ0n) is 18.9. The predicted octanol–water partition coefficient (Wildman–Crippen LogP) is 2.67. The molecule has 194 valence electrons. The Balaban J connectivity index is 1.70. The molecule has 0 bridgehead atoms. The average molecular weight is 522 g/mol. The fraction of sp³-hybridized carbons (Fsp3) is 0.333. The number of aliphatic hydroxyl groups excluding tert-OH is 1. The van der Waals surface area contributed by atoms with Crippen LogP contribution in [-0.2, 0) is 4.79 Å². The number of rotatable bonds is 6. The molecule has 8 nitrogen and oxygen atoms in total. The Morgan fingerprint density at radius 3 is 2.35 bits per heavy atom. The molecule has 2 unspecified atom stereocenters. The number of anilines is 1. The third-order valence-corrected chi connectivity index (χ3v) is 6.38. The molecular weight excluding hydrogens is 503 g/mol. The van der Waals surface area contributed by atoms with Gasteiger partial charge in [-0.1, -0.05) is 0 Å². The van der Waals surface area contributed by atoms with Crippen LogP contribution in [0.25, 0.3) is 16.7 Å². The molecule has 2 aromatic heterocycles. The Morgan fingerprint density at radius 1 is 1.11 bits per heavy atom. The van der Waals surface area contributed by atoms with Crippen molar-refractivity contribution < 1.29 is 36.6 Å². The molecule has 2 aliphatic rings. The predicted molar refractivity (Wildman–Crippen MR) is 120 cm³/mol. The molecule has 37 heavy (non-hydrogen) atoms. The lowest BCUT2D eigenvalue weighted by molar-refractivity contribution is -0.117. The van der Waals surface area contributed by atoms with E-state index in [4.69, 9.17) is 0 Å². The molecule has 2 fully saturated rings. The number of nitrogens with one attached hydrogen (secondary N) is 1. The van der Waals surface area contributed by atoms with E-state index in [0.29, 0.717) is 29.5 Å². The van der Waals surface area contributed by atoms with Crippen LogP contribution in [0.2, 0.25) is 0 Å². The van der Waals surface area contributed by atoms with Crippen LogP contribution in [0.4, 0.5) is 27.8 Å². The number of hydrogen-bond donors (Lipinski definition) is 2. The van der Waals surface area contributed by atoms with Gasteiger partial charge in [0.2, 0.25) is 11.3 Å². The molecule has 13 heteroatoms. The normalized spacial score (nSPS) is 18.6. The van der Waals surface area contributed by atoms with Gasteiger partial charge in [0.1, 0.15) is 22.9 Å². The summed E-state index contributed by atoms with van der Waals surface area (Å²) >= 11 is 0. The summed E-state index contributed by atoms with van der Waals surface area (Å²) in [5.41, 5.74) is -2.91. The second-order valence-corrected chi connectivity index (χ2v) is 9.03. The van der Waals surface area contributed by atoms with E-state index in [1.165, 1.54) is 6.07 Å². The minimum absolute atomic E-state index is 0.0474. The van der Waals surface area contributed by atoms with Crippen LogP contribution in [0.3, 0.4) is 0 Å². The van der Waals surface area contributed by atoms with Gasteiger partial charge in [0.25, 0.3) is 12.3 Å². The Labute approximate surface area is 205 Å². The number of β-amino-alcohol motifs (C(OH)–C–C–N with tert-alkyl or cyclic N) is 1. The van der Waals surface area contributed by atoms with Crippen molar-refractivity contribution in [2.24, 2.45) is 5.92 Å². The van der Waals surface area contributed by atoms with Crippen molar-refractivity contribution in [3.05, 3.63) is 63.7 Å². The molecule has 1 aliphatic carbocycles. The van der Waals surface area contributed by atoms with E-state index in [2.05, 4.69) is 10.3 Å². The average Bonchev–Trinajstić information content (AvgIpc) is 3.60. The van der Waals surface area contributed by atoms with Gasteiger partial charge in [-0.05, 0) is 30.9 Å². The number of halogens is 5. The molecule has 1 aromatic carbocycles. The van der Waals surface area contributed by atoms with E-state index in [-0.39, 0.29) is 29.8 Å². The molecule has 3 heterocycles. The number of pyridine rings is 2. The van der Waals surface area contributed by atoms with Gasteiger partial charge >= 0.3 is 0 Å². The van der Waals surface area contributed by atoms with Gasteiger partial charge in [-0.25, -0.2) is 26.9 Å². The minimum atomic E-state index is -2.90. The van der Waals surface area contributed by atoms with Gasteiger partial charge < -0.3 is 10.4 Å². The summed E-state index contributed by atoms with van der Waals surface area (Å²) in [4.78, 5) is 43.6. The summed E-state index contributed by atoms with van der Waals surface area (Å²) in [5, 5.41) is 11.6. The first-order valence-electron chi connectivity index (χ1n) is 11.3. The van der Waals surface area contributed by atoms with E-state index < -0.39 is 70.4 Å². The molecule has 1 saturated heterocycles. The van der Waals surface area contributed by atoms with Crippen LogP contribution in [0.1, 0.15) is 29.6 Å². The maximum absolute atomic E-state index is 14.8. The molecule has 2 amide bonds.